The molecule has 0 fully saturated rings. The molecule has 0 bridgehead atoms. The van der Waals surface area contributed by atoms with Gasteiger partial charge in [-0.05, 0) is 93.1 Å². The lowest BCUT2D eigenvalue weighted by atomic mass is 9.97. The van der Waals surface area contributed by atoms with Gasteiger partial charge in [0.15, 0.2) is 0 Å². The molecule has 32 heavy (non-hydrogen) atoms. The molecule has 3 aromatic rings. The first-order valence-electron chi connectivity index (χ1n) is 10.8. The number of rotatable bonds is 4. The molecule has 1 heterocycles. The predicted molar refractivity (Wildman–Crippen MR) is 131 cm³/mol. The summed E-state index contributed by atoms with van der Waals surface area (Å²) in [5.74, 6) is -0.643. The molecular weight excluding hydrogens is 396 g/mol. The summed E-state index contributed by atoms with van der Waals surface area (Å²) in [4.78, 5) is 28.7. The molecule has 4 rings (SSSR count). The molecule has 3 aromatic carbocycles. The molecule has 0 unspecified atom stereocenters. The van der Waals surface area contributed by atoms with E-state index in [9.17, 15) is 9.59 Å². The second-order valence-electron chi connectivity index (χ2n) is 8.73. The highest BCUT2D eigenvalue weighted by atomic mass is 16.2. The van der Waals surface area contributed by atoms with Crippen LogP contribution in [0.3, 0.4) is 0 Å². The number of amides is 2. The summed E-state index contributed by atoms with van der Waals surface area (Å²) in [6.45, 7) is 12.0. The number of benzene rings is 3. The van der Waals surface area contributed by atoms with Crippen molar-refractivity contribution < 1.29 is 9.59 Å². The monoisotopic (exact) mass is 424 g/mol. The fraction of sp³-hybridized carbons (Fsp3) is 0.214. The number of anilines is 2. The summed E-state index contributed by atoms with van der Waals surface area (Å²) < 4.78 is 0. The zero-order chi connectivity index (χ0) is 23.2. The highest BCUT2D eigenvalue weighted by Gasteiger charge is 2.41. The van der Waals surface area contributed by atoms with E-state index in [-0.39, 0.29) is 11.8 Å². The Morgan fingerprint density at radius 1 is 0.688 bits per heavy atom. The molecule has 0 atom stereocenters. The van der Waals surface area contributed by atoms with Crippen LogP contribution in [-0.2, 0) is 9.59 Å². The molecule has 0 saturated carbocycles. The van der Waals surface area contributed by atoms with Gasteiger partial charge in [-0.25, -0.2) is 4.90 Å². The van der Waals surface area contributed by atoms with Crippen molar-refractivity contribution >= 4 is 28.8 Å². The van der Waals surface area contributed by atoms with Crippen LogP contribution in [0, 0.1) is 41.5 Å². The maximum atomic E-state index is 13.7. The predicted octanol–water partition coefficient (Wildman–Crippen LogP) is 5.93. The first-order chi connectivity index (χ1) is 15.2. The van der Waals surface area contributed by atoms with Gasteiger partial charge in [0.2, 0.25) is 0 Å². The number of nitrogens with one attached hydrogen (secondary N) is 1. The molecule has 162 valence electrons. The van der Waals surface area contributed by atoms with Crippen LogP contribution < -0.4 is 10.2 Å². The van der Waals surface area contributed by atoms with Crippen LogP contribution in [0.25, 0.3) is 5.57 Å². The average Bonchev–Trinajstić information content (AvgIpc) is 2.94. The second-order valence-corrected chi connectivity index (χ2v) is 8.73. The zero-order valence-electron chi connectivity index (χ0n) is 19.5. The summed E-state index contributed by atoms with van der Waals surface area (Å²) in [5.41, 5.74) is 9.16. The minimum atomic E-state index is -0.337. The van der Waals surface area contributed by atoms with Gasteiger partial charge >= 0.3 is 0 Å². The van der Waals surface area contributed by atoms with E-state index in [1.165, 1.54) is 4.90 Å². The lowest BCUT2D eigenvalue weighted by molar-refractivity contribution is -0.120. The number of carbonyl (C=O) groups is 2. The minimum Gasteiger partial charge on any atom is -0.350 e. The molecular formula is C28H28N2O2. The second kappa shape index (κ2) is 8.12. The van der Waals surface area contributed by atoms with Crippen molar-refractivity contribution in [3.63, 3.8) is 0 Å². The first kappa shape index (κ1) is 21.6. The van der Waals surface area contributed by atoms with E-state index in [0.717, 1.165) is 44.6 Å². The number of nitrogens with zero attached hydrogens (tertiary/aromatic N) is 1. The van der Waals surface area contributed by atoms with E-state index < -0.39 is 0 Å². The highest BCUT2D eigenvalue weighted by Crippen LogP contribution is 2.36. The Labute approximate surface area is 189 Å². The van der Waals surface area contributed by atoms with Crippen LogP contribution in [0.4, 0.5) is 11.4 Å². The minimum absolute atomic E-state index is 0.306. The Bertz CT molecular complexity index is 1280. The Morgan fingerprint density at radius 3 is 2.03 bits per heavy atom. The molecule has 0 spiro atoms. The Kier molecular flexibility index (Phi) is 5.47. The van der Waals surface area contributed by atoms with Crippen LogP contribution in [0.15, 0.2) is 60.3 Å². The SMILES string of the molecule is Cc1cc(C)cc(N2C(=O)C(Nc3cccc(C)c3C)=C(c3ccc(C)cc3C)C2=O)c1. The van der Waals surface area contributed by atoms with E-state index >= 15 is 0 Å². The Hall–Kier alpha value is -3.66. The molecule has 0 radical (unpaired) electrons. The van der Waals surface area contributed by atoms with Crippen LogP contribution in [0.2, 0.25) is 0 Å². The van der Waals surface area contributed by atoms with E-state index in [0.29, 0.717) is 17.0 Å². The molecule has 1 N–H and O–H groups in total. The number of hydrogen-bond acceptors (Lipinski definition) is 3. The molecule has 0 saturated heterocycles. The molecule has 2 amide bonds. The number of aryl methyl sites for hydroxylation is 5. The van der Waals surface area contributed by atoms with Crippen LogP contribution in [-0.4, -0.2) is 11.8 Å². The number of imide groups is 1. The first-order valence-corrected chi connectivity index (χ1v) is 10.8. The van der Waals surface area contributed by atoms with Crippen molar-refractivity contribution in [1.29, 1.82) is 0 Å². The van der Waals surface area contributed by atoms with Crippen molar-refractivity contribution in [3.05, 3.63) is 99.2 Å². The normalized spacial score (nSPS) is 13.9. The summed E-state index contributed by atoms with van der Waals surface area (Å²) in [5, 5.41) is 3.32. The fourth-order valence-electron chi connectivity index (χ4n) is 4.33. The maximum Gasteiger partial charge on any atom is 0.282 e. The van der Waals surface area contributed by atoms with Gasteiger partial charge in [-0.2, -0.15) is 0 Å². The van der Waals surface area contributed by atoms with E-state index in [1.807, 2.05) is 96.1 Å². The van der Waals surface area contributed by atoms with Crippen LogP contribution >= 0.6 is 0 Å². The third kappa shape index (κ3) is 3.73. The molecule has 4 heteroatoms. The molecule has 1 aliphatic heterocycles. The van der Waals surface area contributed by atoms with Gasteiger partial charge < -0.3 is 5.32 Å². The molecule has 0 aromatic heterocycles. The van der Waals surface area contributed by atoms with E-state index in [1.54, 1.807) is 0 Å². The Morgan fingerprint density at radius 2 is 1.38 bits per heavy atom. The summed E-state index contributed by atoms with van der Waals surface area (Å²) in [6.07, 6.45) is 0. The lowest BCUT2D eigenvalue weighted by Crippen LogP contribution is -2.32. The van der Waals surface area contributed by atoms with Gasteiger partial charge in [0.1, 0.15) is 5.70 Å². The van der Waals surface area contributed by atoms with Gasteiger partial charge in [-0.3, -0.25) is 9.59 Å². The third-order valence-electron chi connectivity index (χ3n) is 6.06. The van der Waals surface area contributed by atoms with Crippen molar-refractivity contribution in [2.24, 2.45) is 0 Å². The Balaban J connectivity index is 1.90. The zero-order valence-corrected chi connectivity index (χ0v) is 19.5. The van der Waals surface area contributed by atoms with Gasteiger partial charge in [-0.1, -0.05) is 42.0 Å². The van der Waals surface area contributed by atoms with Crippen molar-refractivity contribution in [2.45, 2.75) is 41.5 Å². The van der Waals surface area contributed by atoms with Crippen molar-refractivity contribution in [2.75, 3.05) is 10.2 Å². The summed E-state index contributed by atoms with van der Waals surface area (Å²) >= 11 is 0. The molecule has 1 aliphatic rings. The molecule has 4 nitrogen and oxygen atoms in total. The van der Waals surface area contributed by atoms with Crippen molar-refractivity contribution in [1.82, 2.24) is 0 Å². The van der Waals surface area contributed by atoms with Gasteiger partial charge in [-0.15, -0.1) is 0 Å². The van der Waals surface area contributed by atoms with Gasteiger partial charge in [0.05, 0.1) is 11.3 Å². The number of carbonyl (C=O) groups excluding carboxylic acids is 2. The van der Waals surface area contributed by atoms with E-state index in [4.69, 9.17) is 0 Å². The smallest absolute Gasteiger partial charge is 0.282 e. The summed E-state index contributed by atoms with van der Waals surface area (Å²) in [7, 11) is 0. The quantitative estimate of drug-likeness (QED) is 0.528. The largest absolute Gasteiger partial charge is 0.350 e. The maximum absolute atomic E-state index is 13.7. The highest BCUT2D eigenvalue weighted by molar-refractivity contribution is 6.46. The number of hydrogen-bond donors (Lipinski definition) is 1. The lowest BCUT2D eigenvalue weighted by Gasteiger charge is -2.17. The topological polar surface area (TPSA) is 49.4 Å². The standard InChI is InChI=1S/C28H28N2O2/c1-16-10-11-23(20(5)13-16)25-26(29-24-9-7-8-19(4)21(24)6)28(32)30(27(25)31)22-14-17(2)12-18(3)15-22/h7-15,29H,1-6H3. The van der Waals surface area contributed by atoms with Gasteiger partial charge in [0, 0.05) is 5.69 Å². The van der Waals surface area contributed by atoms with Crippen molar-refractivity contribution in [3.8, 4) is 0 Å². The average molecular weight is 425 g/mol. The van der Waals surface area contributed by atoms with Gasteiger partial charge in [0.25, 0.3) is 11.8 Å². The summed E-state index contributed by atoms with van der Waals surface area (Å²) in [6, 6.07) is 17.6. The van der Waals surface area contributed by atoms with E-state index in [2.05, 4.69) is 5.32 Å². The molecule has 0 aliphatic carbocycles. The van der Waals surface area contributed by atoms with Crippen LogP contribution in [0.5, 0.6) is 0 Å². The van der Waals surface area contributed by atoms with Crippen LogP contribution in [0.1, 0.15) is 38.9 Å². The third-order valence-corrected chi connectivity index (χ3v) is 6.06. The fourth-order valence-corrected chi connectivity index (χ4v) is 4.33.